The molecule has 0 aromatic heterocycles. The van der Waals surface area contributed by atoms with E-state index in [1.165, 1.54) is 25.7 Å². The Bertz CT molecular complexity index is 745. The monoisotopic (exact) mass is 385 g/mol. The Morgan fingerprint density at radius 3 is 2.46 bits per heavy atom. The van der Waals surface area contributed by atoms with Gasteiger partial charge in [-0.3, -0.25) is 4.79 Å². The number of hydrogen-bond donors (Lipinski definition) is 1. The second-order valence-corrected chi connectivity index (χ2v) is 6.78. The summed E-state index contributed by atoms with van der Waals surface area (Å²) in [5.41, 5.74) is 1.67. The molecule has 28 heavy (non-hydrogen) atoms. The van der Waals surface area contributed by atoms with Crippen molar-refractivity contribution in [1.29, 1.82) is 0 Å². The van der Waals surface area contributed by atoms with Gasteiger partial charge < -0.3 is 19.5 Å². The Hall–Kier alpha value is -2.69. The van der Waals surface area contributed by atoms with E-state index in [9.17, 15) is 4.79 Å². The molecule has 0 bridgehead atoms. The lowest BCUT2D eigenvalue weighted by molar-refractivity contribution is -0.118. The normalized spacial score (nSPS) is 10.4. The molecule has 0 saturated heterocycles. The van der Waals surface area contributed by atoms with Gasteiger partial charge in [0.2, 0.25) is 0 Å². The van der Waals surface area contributed by atoms with Crippen LogP contribution in [0.3, 0.4) is 0 Å². The van der Waals surface area contributed by atoms with Crippen LogP contribution in [0.2, 0.25) is 0 Å². The van der Waals surface area contributed by atoms with E-state index in [4.69, 9.17) is 14.2 Å². The van der Waals surface area contributed by atoms with Crippen LogP contribution in [-0.4, -0.2) is 26.2 Å². The summed E-state index contributed by atoms with van der Waals surface area (Å²) in [7, 11) is 1.58. The molecule has 0 spiro atoms. The summed E-state index contributed by atoms with van der Waals surface area (Å²) in [6.45, 7) is 4.78. The van der Waals surface area contributed by atoms with E-state index >= 15 is 0 Å². The van der Waals surface area contributed by atoms with Gasteiger partial charge >= 0.3 is 0 Å². The predicted molar refractivity (Wildman–Crippen MR) is 113 cm³/mol. The number of carbonyl (C=O) groups is 1. The highest BCUT2D eigenvalue weighted by atomic mass is 16.5. The third-order valence-electron chi connectivity index (χ3n) is 4.32. The van der Waals surface area contributed by atoms with Gasteiger partial charge in [0.05, 0.1) is 19.4 Å². The molecule has 2 aromatic rings. The number of methoxy groups -OCH3 is 1. The van der Waals surface area contributed by atoms with Crippen molar-refractivity contribution < 1.29 is 19.0 Å². The highest BCUT2D eigenvalue weighted by Gasteiger charge is 2.09. The number of nitrogens with one attached hydrogen (secondary N) is 1. The van der Waals surface area contributed by atoms with Crippen molar-refractivity contribution in [3.8, 4) is 17.2 Å². The Kier molecular flexibility index (Phi) is 9.19. The zero-order valence-corrected chi connectivity index (χ0v) is 17.1. The quantitative estimate of drug-likeness (QED) is 0.499. The number of ether oxygens (including phenoxy) is 3. The molecule has 1 N–H and O–H groups in total. The van der Waals surface area contributed by atoms with Gasteiger partial charge in [0.1, 0.15) is 17.2 Å². The highest BCUT2D eigenvalue weighted by molar-refractivity contribution is 5.93. The van der Waals surface area contributed by atoms with Crippen molar-refractivity contribution in [2.75, 3.05) is 25.6 Å². The van der Waals surface area contributed by atoms with Crippen molar-refractivity contribution in [2.45, 2.75) is 46.0 Å². The summed E-state index contributed by atoms with van der Waals surface area (Å²) in [5, 5.41) is 2.83. The molecule has 152 valence electrons. The van der Waals surface area contributed by atoms with Crippen LogP contribution in [0.15, 0.2) is 42.5 Å². The molecule has 0 aliphatic carbocycles. The molecule has 0 aliphatic rings. The van der Waals surface area contributed by atoms with Gasteiger partial charge in [-0.1, -0.05) is 44.7 Å². The maximum atomic E-state index is 12.2. The molecular weight excluding hydrogens is 354 g/mol. The number of hydrogen-bond acceptors (Lipinski definition) is 4. The highest BCUT2D eigenvalue weighted by Crippen LogP contribution is 2.25. The first kappa shape index (κ1) is 21.6. The van der Waals surface area contributed by atoms with E-state index in [1.54, 1.807) is 7.11 Å². The van der Waals surface area contributed by atoms with Crippen molar-refractivity contribution in [3.05, 3.63) is 48.0 Å². The minimum Gasteiger partial charge on any atom is -0.495 e. The molecule has 0 saturated carbocycles. The lowest BCUT2D eigenvalue weighted by Gasteiger charge is -2.12. The predicted octanol–water partition coefficient (Wildman–Crippen LogP) is 5.37. The minimum atomic E-state index is -0.244. The van der Waals surface area contributed by atoms with E-state index < -0.39 is 0 Å². The molecule has 0 aliphatic heterocycles. The molecule has 0 radical (unpaired) electrons. The van der Waals surface area contributed by atoms with Gasteiger partial charge in [-0.25, -0.2) is 0 Å². The van der Waals surface area contributed by atoms with Gasteiger partial charge in [0.15, 0.2) is 6.61 Å². The van der Waals surface area contributed by atoms with Gasteiger partial charge in [0, 0.05) is 6.07 Å². The average molecular weight is 386 g/mol. The minimum absolute atomic E-state index is 0.0857. The van der Waals surface area contributed by atoms with Gasteiger partial charge in [-0.15, -0.1) is 0 Å². The molecule has 2 aromatic carbocycles. The van der Waals surface area contributed by atoms with Crippen LogP contribution in [0.4, 0.5) is 5.69 Å². The number of amides is 1. The largest absolute Gasteiger partial charge is 0.495 e. The van der Waals surface area contributed by atoms with Gasteiger partial charge in [-0.2, -0.15) is 0 Å². The number of benzene rings is 2. The molecule has 5 nitrogen and oxygen atoms in total. The second kappa shape index (κ2) is 11.9. The molecule has 0 unspecified atom stereocenters. The zero-order valence-electron chi connectivity index (χ0n) is 17.1. The lowest BCUT2D eigenvalue weighted by Crippen LogP contribution is -2.20. The first-order chi connectivity index (χ1) is 13.6. The van der Waals surface area contributed by atoms with Crippen LogP contribution < -0.4 is 19.5 Å². The smallest absolute Gasteiger partial charge is 0.262 e. The van der Waals surface area contributed by atoms with Crippen LogP contribution in [-0.2, 0) is 4.79 Å². The van der Waals surface area contributed by atoms with E-state index in [0.717, 1.165) is 17.7 Å². The fraction of sp³-hybridized carbons (Fsp3) is 0.435. The topological polar surface area (TPSA) is 56.8 Å². The van der Waals surface area contributed by atoms with Crippen LogP contribution in [0.1, 0.15) is 44.6 Å². The average Bonchev–Trinajstić information content (AvgIpc) is 2.69. The summed E-state index contributed by atoms with van der Waals surface area (Å²) in [5.74, 6) is 1.74. The number of aryl methyl sites for hydroxylation is 1. The first-order valence-corrected chi connectivity index (χ1v) is 9.92. The van der Waals surface area contributed by atoms with Crippen LogP contribution in [0.5, 0.6) is 17.2 Å². The van der Waals surface area contributed by atoms with Crippen LogP contribution >= 0.6 is 0 Å². The standard InChI is InChI=1S/C23H31NO4/c1-4-5-6-7-8-14-27-19-10-9-11-20(16-19)28-17-23(25)24-21-15-18(2)12-13-22(21)26-3/h9-13,15-16H,4-8,14,17H2,1-3H3,(H,24,25). The van der Waals surface area contributed by atoms with E-state index in [2.05, 4.69) is 12.2 Å². The molecule has 0 fully saturated rings. The fourth-order valence-electron chi connectivity index (χ4n) is 2.80. The summed E-state index contributed by atoms with van der Waals surface area (Å²) in [6.07, 6.45) is 6.01. The van der Waals surface area contributed by atoms with Gasteiger partial charge in [-0.05, 0) is 43.2 Å². The molecular formula is C23H31NO4. The van der Waals surface area contributed by atoms with E-state index in [-0.39, 0.29) is 12.5 Å². The summed E-state index contributed by atoms with van der Waals surface area (Å²) < 4.78 is 16.7. The second-order valence-electron chi connectivity index (χ2n) is 6.78. The summed E-state index contributed by atoms with van der Waals surface area (Å²) in [6, 6.07) is 13.0. The molecule has 0 heterocycles. The van der Waals surface area contributed by atoms with Crippen molar-refractivity contribution in [2.24, 2.45) is 0 Å². The molecule has 2 rings (SSSR count). The number of rotatable bonds is 12. The SMILES string of the molecule is CCCCCCCOc1cccc(OCC(=O)Nc2cc(C)ccc2OC)c1. The Morgan fingerprint density at radius 1 is 0.964 bits per heavy atom. The molecule has 5 heteroatoms. The summed E-state index contributed by atoms with van der Waals surface area (Å²) in [4.78, 5) is 12.2. The number of carbonyl (C=O) groups excluding carboxylic acids is 1. The van der Waals surface area contributed by atoms with Gasteiger partial charge in [0.25, 0.3) is 5.91 Å². The van der Waals surface area contributed by atoms with Crippen molar-refractivity contribution in [3.63, 3.8) is 0 Å². The third-order valence-corrected chi connectivity index (χ3v) is 4.32. The zero-order chi connectivity index (χ0) is 20.2. The maximum Gasteiger partial charge on any atom is 0.262 e. The fourth-order valence-corrected chi connectivity index (χ4v) is 2.80. The number of unbranched alkanes of at least 4 members (excludes halogenated alkanes) is 4. The van der Waals surface area contributed by atoms with Crippen molar-refractivity contribution >= 4 is 11.6 Å². The molecule has 1 amide bonds. The molecule has 0 atom stereocenters. The van der Waals surface area contributed by atoms with E-state index in [0.29, 0.717) is 23.8 Å². The summed E-state index contributed by atoms with van der Waals surface area (Å²) >= 11 is 0. The van der Waals surface area contributed by atoms with Crippen LogP contribution in [0, 0.1) is 6.92 Å². The maximum absolute atomic E-state index is 12.2. The van der Waals surface area contributed by atoms with E-state index in [1.807, 2.05) is 49.4 Å². The third kappa shape index (κ3) is 7.51. The Morgan fingerprint density at radius 2 is 1.71 bits per heavy atom. The number of anilines is 1. The Balaban J connectivity index is 1.79. The lowest BCUT2D eigenvalue weighted by atomic mass is 10.2. The Labute approximate surface area is 168 Å². The van der Waals surface area contributed by atoms with Crippen LogP contribution in [0.25, 0.3) is 0 Å². The van der Waals surface area contributed by atoms with Crippen molar-refractivity contribution in [1.82, 2.24) is 0 Å². The first-order valence-electron chi connectivity index (χ1n) is 9.92.